The summed E-state index contributed by atoms with van der Waals surface area (Å²) in [5, 5.41) is 9.73. The molecule has 8 heteroatoms. The second-order valence-electron chi connectivity index (χ2n) is 7.30. The highest BCUT2D eigenvalue weighted by Crippen LogP contribution is 2.35. The second-order valence-corrected chi connectivity index (χ2v) is 9.31. The van der Waals surface area contributed by atoms with Crippen molar-refractivity contribution in [3.8, 4) is 34.3 Å². The summed E-state index contributed by atoms with van der Waals surface area (Å²) in [5.41, 5.74) is 3.43. The molecule has 0 aliphatic rings. The predicted molar refractivity (Wildman–Crippen MR) is 121 cm³/mol. The summed E-state index contributed by atoms with van der Waals surface area (Å²) in [6.45, 7) is 0.190. The van der Waals surface area contributed by atoms with E-state index in [9.17, 15) is 18.1 Å². The molecule has 33 heavy (non-hydrogen) atoms. The third kappa shape index (κ3) is 5.05. The van der Waals surface area contributed by atoms with Crippen molar-refractivity contribution in [2.75, 3.05) is 6.26 Å². The Morgan fingerprint density at radius 2 is 1.61 bits per heavy atom. The molecule has 2 aromatic carbocycles. The molecule has 2 aromatic heterocycles. The number of pyridine rings is 2. The van der Waals surface area contributed by atoms with Crippen LogP contribution in [0.1, 0.15) is 11.1 Å². The zero-order valence-corrected chi connectivity index (χ0v) is 18.4. The number of nitriles is 1. The largest absolute Gasteiger partial charge is 0.472 e. The normalized spacial score (nSPS) is 11.1. The fourth-order valence-electron chi connectivity index (χ4n) is 3.25. The number of aromatic nitrogens is 2. The zero-order valence-electron chi connectivity index (χ0n) is 17.6. The van der Waals surface area contributed by atoms with Crippen LogP contribution in [0.2, 0.25) is 0 Å². The monoisotopic (exact) mass is 459 g/mol. The van der Waals surface area contributed by atoms with Crippen molar-refractivity contribution >= 4 is 9.84 Å². The highest BCUT2D eigenvalue weighted by Gasteiger charge is 2.17. The smallest absolute Gasteiger partial charge is 0.232 e. The van der Waals surface area contributed by atoms with Crippen LogP contribution in [-0.4, -0.2) is 24.6 Å². The Bertz CT molecular complexity index is 1430. The molecule has 4 rings (SSSR count). The molecule has 0 bridgehead atoms. The van der Waals surface area contributed by atoms with Gasteiger partial charge in [-0.05, 0) is 65.7 Å². The number of hydrogen-bond donors (Lipinski definition) is 0. The van der Waals surface area contributed by atoms with Crippen molar-refractivity contribution in [2.24, 2.45) is 0 Å². The van der Waals surface area contributed by atoms with Crippen LogP contribution in [0, 0.1) is 17.1 Å². The van der Waals surface area contributed by atoms with Gasteiger partial charge >= 0.3 is 0 Å². The Morgan fingerprint density at radius 1 is 0.970 bits per heavy atom. The Labute approximate surface area is 190 Å². The molecule has 0 saturated carbocycles. The number of halogens is 1. The quantitative estimate of drug-likeness (QED) is 0.411. The van der Waals surface area contributed by atoms with Gasteiger partial charge in [0.05, 0.1) is 10.6 Å². The highest BCUT2D eigenvalue weighted by atomic mass is 32.2. The Morgan fingerprint density at radius 3 is 2.21 bits per heavy atom. The lowest BCUT2D eigenvalue weighted by molar-refractivity contribution is 0.293. The van der Waals surface area contributed by atoms with Gasteiger partial charge in [-0.1, -0.05) is 12.1 Å². The molecule has 0 aliphatic carbocycles. The molecule has 0 spiro atoms. The van der Waals surface area contributed by atoms with Gasteiger partial charge in [-0.25, -0.2) is 17.8 Å². The van der Waals surface area contributed by atoms with E-state index in [0.29, 0.717) is 22.4 Å². The molecule has 164 valence electrons. The van der Waals surface area contributed by atoms with E-state index in [1.54, 1.807) is 54.9 Å². The third-order valence-electron chi connectivity index (χ3n) is 4.94. The van der Waals surface area contributed by atoms with Crippen molar-refractivity contribution < 1.29 is 17.5 Å². The molecule has 2 heterocycles. The number of rotatable bonds is 6. The van der Waals surface area contributed by atoms with E-state index in [1.807, 2.05) is 0 Å². The van der Waals surface area contributed by atoms with Gasteiger partial charge in [0.2, 0.25) is 5.88 Å². The van der Waals surface area contributed by atoms with E-state index in [-0.39, 0.29) is 28.8 Å². The first-order valence-corrected chi connectivity index (χ1v) is 11.8. The standard InChI is InChI=1S/C25H18FN3O3S/c1-33(30,31)22-8-4-18(5-9-22)23-14-20(15-27)25(32-16-17-10-12-28-13-11-17)29-24(23)19-2-6-21(26)7-3-19/h2-14H,16H2,1H3. The van der Waals surface area contributed by atoms with Crippen LogP contribution in [-0.2, 0) is 16.4 Å². The SMILES string of the molecule is CS(=O)(=O)c1ccc(-c2cc(C#N)c(OCc3ccncc3)nc2-c2ccc(F)cc2)cc1. The summed E-state index contributed by atoms with van der Waals surface area (Å²) >= 11 is 0. The maximum absolute atomic E-state index is 13.5. The fourth-order valence-corrected chi connectivity index (χ4v) is 3.88. The van der Waals surface area contributed by atoms with Crippen LogP contribution < -0.4 is 4.74 Å². The molecule has 0 aliphatic heterocycles. The van der Waals surface area contributed by atoms with Gasteiger partial charge < -0.3 is 4.74 Å². The molecule has 6 nitrogen and oxygen atoms in total. The van der Waals surface area contributed by atoms with Crippen LogP contribution in [0.3, 0.4) is 0 Å². The fraction of sp³-hybridized carbons (Fsp3) is 0.0800. The van der Waals surface area contributed by atoms with Gasteiger partial charge in [-0.2, -0.15) is 5.26 Å². The minimum Gasteiger partial charge on any atom is -0.472 e. The first-order valence-electron chi connectivity index (χ1n) is 9.88. The van der Waals surface area contributed by atoms with E-state index in [4.69, 9.17) is 4.74 Å². The van der Waals surface area contributed by atoms with Gasteiger partial charge in [0.15, 0.2) is 9.84 Å². The average molecular weight is 460 g/mol. The molecule has 0 radical (unpaired) electrons. The minimum absolute atomic E-state index is 0.144. The van der Waals surface area contributed by atoms with E-state index >= 15 is 0 Å². The molecule has 0 amide bonds. The zero-order chi connectivity index (χ0) is 23.4. The van der Waals surface area contributed by atoms with Crippen molar-refractivity contribution in [1.82, 2.24) is 9.97 Å². The number of sulfone groups is 1. The molecule has 0 saturated heterocycles. The maximum atomic E-state index is 13.5. The lowest BCUT2D eigenvalue weighted by Crippen LogP contribution is -2.02. The van der Waals surface area contributed by atoms with Crippen LogP contribution >= 0.6 is 0 Å². The number of hydrogen-bond acceptors (Lipinski definition) is 6. The third-order valence-corrected chi connectivity index (χ3v) is 6.07. The summed E-state index contributed by atoms with van der Waals surface area (Å²) in [4.78, 5) is 8.76. The summed E-state index contributed by atoms with van der Waals surface area (Å²) in [6.07, 6.45) is 4.42. The molecular weight excluding hydrogens is 441 g/mol. The highest BCUT2D eigenvalue weighted by molar-refractivity contribution is 7.90. The molecular formula is C25H18FN3O3S. The number of ether oxygens (including phenoxy) is 1. The molecule has 0 N–H and O–H groups in total. The molecule has 0 atom stereocenters. The Balaban J connectivity index is 1.82. The van der Waals surface area contributed by atoms with E-state index < -0.39 is 9.84 Å². The van der Waals surface area contributed by atoms with Crippen molar-refractivity contribution in [2.45, 2.75) is 11.5 Å². The van der Waals surface area contributed by atoms with Gasteiger partial charge in [0.25, 0.3) is 0 Å². The number of nitrogens with zero attached hydrogens (tertiary/aromatic N) is 3. The number of benzene rings is 2. The van der Waals surface area contributed by atoms with E-state index in [0.717, 1.165) is 11.8 Å². The summed E-state index contributed by atoms with van der Waals surface area (Å²) in [7, 11) is -3.36. The van der Waals surface area contributed by atoms with E-state index in [2.05, 4.69) is 16.0 Å². The lowest BCUT2D eigenvalue weighted by atomic mass is 9.98. The van der Waals surface area contributed by atoms with Crippen molar-refractivity contribution in [3.05, 3.63) is 96.1 Å². The predicted octanol–water partition coefficient (Wildman–Crippen LogP) is 4.80. The van der Waals surface area contributed by atoms with Gasteiger partial charge in [0, 0.05) is 29.8 Å². The van der Waals surface area contributed by atoms with Gasteiger partial charge in [0.1, 0.15) is 24.1 Å². The summed E-state index contributed by atoms with van der Waals surface area (Å²) in [5.74, 6) is -0.245. The van der Waals surface area contributed by atoms with Crippen molar-refractivity contribution in [1.29, 1.82) is 5.26 Å². The van der Waals surface area contributed by atoms with Crippen LogP contribution in [0.15, 0.2) is 84.0 Å². The first-order chi connectivity index (χ1) is 15.8. The molecule has 0 fully saturated rings. The lowest BCUT2D eigenvalue weighted by Gasteiger charge is -2.14. The van der Waals surface area contributed by atoms with Gasteiger partial charge in [-0.15, -0.1) is 0 Å². The second kappa shape index (κ2) is 9.18. The van der Waals surface area contributed by atoms with E-state index in [1.165, 1.54) is 24.3 Å². The Kier molecular flexibility index (Phi) is 6.16. The Hall–Kier alpha value is -4.09. The summed E-state index contributed by atoms with van der Waals surface area (Å²) < 4.78 is 43.0. The molecule has 0 unspecified atom stereocenters. The van der Waals surface area contributed by atoms with Crippen molar-refractivity contribution in [3.63, 3.8) is 0 Å². The first kappa shape index (κ1) is 22.1. The van der Waals surface area contributed by atoms with Crippen LogP contribution in [0.25, 0.3) is 22.4 Å². The summed E-state index contributed by atoms with van der Waals surface area (Å²) in [6, 6.07) is 19.5. The van der Waals surface area contributed by atoms with Crippen LogP contribution in [0.5, 0.6) is 5.88 Å². The minimum atomic E-state index is -3.36. The average Bonchev–Trinajstić information content (AvgIpc) is 2.83. The van der Waals surface area contributed by atoms with Gasteiger partial charge in [-0.3, -0.25) is 4.98 Å². The topological polar surface area (TPSA) is 92.9 Å². The van der Waals surface area contributed by atoms with Crippen LogP contribution in [0.4, 0.5) is 4.39 Å². The molecule has 4 aromatic rings. The maximum Gasteiger partial charge on any atom is 0.232 e.